The van der Waals surface area contributed by atoms with Gasteiger partial charge in [-0.3, -0.25) is 4.90 Å². The van der Waals surface area contributed by atoms with Crippen molar-refractivity contribution in [3.63, 3.8) is 0 Å². The van der Waals surface area contributed by atoms with Crippen LogP contribution >= 0.6 is 0 Å². The SMILES string of the molecule is C#CC(C)N1C(=O)N=C(N)C1c1ccc(F)c(C)c1. The van der Waals surface area contributed by atoms with Crippen LogP contribution < -0.4 is 5.73 Å². The zero-order chi connectivity index (χ0) is 14.2. The predicted octanol–water partition coefficient (Wildman–Crippen LogP) is 1.99. The lowest BCUT2D eigenvalue weighted by Gasteiger charge is -2.27. The first-order valence-corrected chi connectivity index (χ1v) is 5.84. The third-order valence-electron chi connectivity index (χ3n) is 3.16. The van der Waals surface area contributed by atoms with Gasteiger partial charge in [0.15, 0.2) is 0 Å². The van der Waals surface area contributed by atoms with Crippen molar-refractivity contribution >= 4 is 11.9 Å². The summed E-state index contributed by atoms with van der Waals surface area (Å²) in [6, 6.07) is 3.15. The van der Waals surface area contributed by atoms with Crippen LogP contribution in [0.4, 0.5) is 9.18 Å². The lowest BCUT2D eigenvalue weighted by molar-refractivity contribution is 0.199. The van der Waals surface area contributed by atoms with E-state index in [1.54, 1.807) is 26.0 Å². The molecule has 1 aromatic rings. The largest absolute Gasteiger partial charge is 0.385 e. The van der Waals surface area contributed by atoms with Gasteiger partial charge in [0.25, 0.3) is 0 Å². The molecule has 2 atom stereocenters. The third-order valence-corrected chi connectivity index (χ3v) is 3.16. The molecular weight excluding hydrogens is 245 g/mol. The Hall–Kier alpha value is -2.35. The molecular formula is C14H14FN3O. The van der Waals surface area contributed by atoms with Crippen LogP contribution in [0.3, 0.4) is 0 Å². The number of hydrogen-bond donors (Lipinski definition) is 1. The molecule has 0 fully saturated rings. The Morgan fingerprint density at radius 3 is 2.84 bits per heavy atom. The number of nitrogens with two attached hydrogens (primary N) is 1. The number of aliphatic imine (C=N–C) groups is 1. The van der Waals surface area contributed by atoms with E-state index in [-0.39, 0.29) is 11.7 Å². The fraction of sp³-hybridized carbons (Fsp3) is 0.286. The highest BCUT2D eigenvalue weighted by molar-refractivity contribution is 6.03. The van der Waals surface area contributed by atoms with E-state index in [0.717, 1.165) is 0 Å². The molecule has 0 aliphatic carbocycles. The summed E-state index contributed by atoms with van der Waals surface area (Å²) in [6.45, 7) is 3.37. The van der Waals surface area contributed by atoms with Crippen LogP contribution in [-0.2, 0) is 0 Å². The maximum atomic E-state index is 13.3. The second-order valence-electron chi connectivity index (χ2n) is 4.48. The van der Waals surface area contributed by atoms with E-state index in [4.69, 9.17) is 12.2 Å². The molecule has 19 heavy (non-hydrogen) atoms. The molecule has 1 aliphatic heterocycles. The number of nitrogens with zero attached hydrogens (tertiary/aromatic N) is 2. The van der Waals surface area contributed by atoms with E-state index in [9.17, 15) is 9.18 Å². The molecule has 1 heterocycles. The highest BCUT2D eigenvalue weighted by Gasteiger charge is 2.37. The number of amidine groups is 1. The second kappa shape index (κ2) is 4.73. The molecule has 4 nitrogen and oxygen atoms in total. The van der Waals surface area contributed by atoms with Gasteiger partial charge in [-0.1, -0.05) is 18.1 Å². The van der Waals surface area contributed by atoms with E-state index in [1.807, 2.05) is 0 Å². The number of terminal acetylenes is 1. The maximum absolute atomic E-state index is 13.3. The first-order chi connectivity index (χ1) is 8.95. The van der Waals surface area contributed by atoms with Crippen molar-refractivity contribution < 1.29 is 9.18 Å². The minimum absolute atomic E-state index is 0.179. The summed E-state index contributed by atoms with van der Waals surface area (Å²) >= 11 is 0. The molecule has 0 aromatic heterocycles. The minimum Gasteiger partial charge on any atom is -0.385 e. The number of aryl methyl sites for hydroxylation is 1. The van der Waals surface area contributed by atoms with Crippen molar-refractivity contribution in [3.8, 4) is 12.3 Å². The van der Waals surface area contributed by atoms with Gasteiger partial charge in [-0.2, -0.15) is 4.99 Å². The number of carbonyl (C=O) groups excluding carboxylic acids is 1. The molecule has 1 aliphatic rings. The number of urea groups is 1. The fourth-order valence-electron chi connectivity index (χ4n) is 2.12. The van der Waals surface area contributed by atoms with E-state index in [2.05, 4.69) is 10.9 Å². The molecule has 1 aromatic carbocycles. The minimum atomic E-state index is -0.530. The summed E-state index contributed by atoms with van der Waals surface area (Å²) in [5.41, 5.74) is 6.98. The van der Waals surface area contributed by atoms with Gasteiger partial charge in [-0.25, -0.2) is 9.18 Å². The van der Waals surface area contributed by atoms with Gasteiger partial charge in [0.2, 0.25) is 0 Å². The summed E-state index contributed by atoms with van der Waals surface area (Å²) in [7, 11) is 0. The predicted molar refractivity (Wildman–Crippen MR) is 71.0 cm³/mol. The quantitative estimate of drug-likeness (QED) is 0.826. The molecule has 0 saturated heterocycles. The van der Waals surface area contributed by atoms with Crippen LogP contribution in [0.25, 0.3) is 0 Å². The van der Waals surface area contributed by atoms with Gasteiger partial charge >= 0.3 is 6.03 Å². The molecule has 0 bridgehead atoms. The van der Waals surface area contributed by atoms with Crippen molar-refractivity contribution in [2.45, 2.75) is 25.9 Å². The van der Waals surface area contributed by atoms with Crippen molar-refractivity contribution in [2.24, 2.45) is 10.7 Å². The summed E-state index contributed by atoms with van der Waals surface area (Å²) in [4.78, 5) is 17.0. The number of rotatable bonds is 2. The van der Waals surface area contributed by atoms with Crippen LogP contribution in [0.15, 0.2) is 23.2 Å². The molecule has 2 rings (SSSR count). The Labute approximate surface area is 111 Å². The average Bonchev–Trinajstić information content (AvgIpc) is 2.67. The summed E-state index contributed by atoms with van der Waals surface area (Å²) in [6.07, 6.45) is 5.36. The summed E-state index contributed by atoms with van der Waals surface area (Å²) in [5, 5.41) is 0. The molecule has 0 saturated carbocycles. The van der Waals surface area contributed by atoms with Crippen LogP contribution in [0, 0.1) is 25.1 Å². The molecule has 0 spiro atoms. The highest BCUT2D eigenvalue weighted by Crippen LogP contribution is 2.29. The average molecular weight is 259 g/mol. The molecule has 2 unspecified atom stereocenters. The fourth-order valence-corrected chi connectivity index (χ4v) is 2.12. The van der Waals surface area contributed by atoms with Gasteiger partial charge in [0, 0.05) is 0 Å². The Morgan fingerprint density at radius 2 is 2.26 bits per heavy atom. The van der Waals surface area contributed by atoms with E-state index >= 15 is 0 Å². The van der Waals surface area contributed by atoms with E-state index < -0.39 is 18.1 Å². The summed E-state index contributed by atoms with van der Waals surface area (Å²) in [5.74, 6) is 2.36. The number of amides is 2. The molecule has 2 N–H and O–H groups in total. The maximum Gasteiger partial charge on any atom is 0.347 e. The Morgan fingerprint density at radius 1 is 1.58 bits per heavy atom. The first-order valence-electron chi connectivity index (χ1n) is 5.84. The number of halogens is 1. The number of carbonyl (C=O) groups is 1. The Kier molecular flexibility index (Phi) is 3.26. The van der Waals surface area contributed by atoms with E-state index in [0.29, 0.717) is 11.1 Å². The summed E-state index contributed by atoms with van der Waals surface area (Å²) < 4.78 is 13.3. The topological polar surface area (TPSA) is 58.7 Å². The van der Waals surface area contributed by atoms with Gasteiger partial charge in [-0.05, 0) is 31.0 Å². The molecule has 0 radical (unpaired) electrons. The second-order valence-corrected chi connectivity index (χ2v) is 4.48. The number of benzene rings is 1. The van der Waals surface area contributed by atoms with Crippen molar-refractivity contribution in [1.29, 1.82) is 0 Å². The zero-order valence-corrected chi connectivity index (χ0v) is 10.7. The van der Waals surface area contributed by atoms with Gasteiger partial charge in [-0.15, -0.1) is 6.42 Å². The third kappa shape index (κ3) is 2.17. The van der Waals surface area contributed by atoms with Crippen LogP contribution in [0.1, 0.15) is 24.1 Å². The molecule has 5 heteroatoms. The van der Waals surface area contributed by atoms with Gasteiger partial charge in [0.1, 0.15) is 17.7 Å². The monoisotopic (exact) mass is 259 g/mol. The Balaban J connectivity index is 2.46. The van der Waals surface area contributed by atoms with Gasteiger partial charge in [0.05, 0.1) is 6.04 Å². The molecule has 98 valence electrons. The Bertz CT molecular complexity index is 603. The van der Waals surface area contributed by atoms with Crippen LogP contribution in [0.2, 0.25) is 0 Å². The van der Waals surface area contributed by atoms with Crippen molar-refractivity contribution in [1.82, 2.24) is 4.90 Å². The van der Waals surface area contributed by atoms with Crippen LogP contribution in [0.5, 0.6) is 0 Å². The normalized spacial score (nSPS) is 20.1. The van der Waals surface area contributed by atoms with Gasteiger partial charge < -0.3 is 5.73 Å². The first kappa shape index (κ1) is 13.1. The van der Waals surface area contributed by atoms with E-state index in [1.165, 1.54) is 11.0 Å². The number of hydrogen-bond acceptors (Lipinski definition) is 2. The molecule has 2 amide bonds. The highest BCUT2D eigenvalue weighted by atomic mass is 19.1. The van der Waals surface area contributed by atoms with Crippen molar-refractivity contribution in [3.05, 3.63) is 35.1 Å². The van der Waals surface area contributed by atoms with Crippen LogP contribution in [-0.4, -0.2) is 22.8 Å². The zero-order valence-electron chi connectivity index (χ0n) is 10.7. The van der Waals surface area contributed by atoms with Crippen molar-refractivity contribution in [2.75, 3.05) is 0 Å². The smallest absolute Gasteiger partial charge is 0.347 e. The lowest BCUT2D eigenvalue weighted by Crippen LogP contribution is -2.39. The standard InChI is InChI=1S/C14H14FN3O/c1-4-9(3)18-12(13(16)17-14(18)19)10-5-6-11(15)8(2)7-10/h1,5-7,9,12H,2-3H3,(H2,16,17,19). The lowest BCUT2D eigenvalue weighted by atomic mass is 10.0.